The molecule has 186 valence electrons. The maximum absolute atomic E-state index is 5.80. The molecule has 6 nitrogen and oxygen atoms in total. The summed E-state index contributed by atoms with van der Waals surface area (Å²) >= 11 is 0. The molecule has 0 saturated heterocycles. The van der Waals surface area contributed by atoms with Crippen LogP contribution < -0.4 is 28.4 Å². The van der Waals surface area contributed by atoms with Gasteiger partial charge in [0.2, 0.25) is 0 Å². The molecule has 3 aromatic carbocycles. The first-order chi connectivity index (χ1) is 17.5. The van der Waals surface area contributed by atoms with Crippen molar-refractivity contribution in [2.45, 2.75) is 0 Å². The highest BCUT2D eigenvalue weighted by Gasteiger charge is 2.05. The normalized spacial score (nSPS) is 15.5. The summed E-state index contributed by atoms with van der Waals surface area (Å²) in [6.07, 6.45) is 0. The average Bonchev–Trinajstić information content (AvgIpc) is 2.91. The zero-order chi connectivity index (χ0) is 25.2. The second-order valence-electron chi connectivity index (χ2n) is 8.40. The van der Waals surface area contributed by atoms with Crippen molar-refractivity contribution in [2.75, 3.05) is 39.6 Å². The second-order valence-corrected chi connectivity index (χ2v) is 8.40. The summed E-state index contributed by atoms with van der Waals surface area (Å²) in [5.74, 6) is 4.33. The van der Waals surface area contributed by atoms with E-state index in [1.54, 1.807) is 0 Å². The van der Waals surface area contributed by atoms with Gasteiger partial charge in [0.25, 0.3) is 0 Å². The Bertz CT molecular complexity index is 926. The molecule has 6 heteroatoms. The van der Waals surface area contributed by atoms with E-state index in [0.717, 1.165) is 51.2 Å². The largest absolute Gasteiger partial charge is 0.489 e. The fraction of sp³-hybridized carbons (Fsp3) is 0.200. The lowest BCUT2D eigenvalue weighted by Crippen LogP contribution is -2.09. The van der Waals surface area contributed by atoms with Gasteiger partial charge in [-0.15, -0.1) is 0 Å². The van der Waals surface area contributed by atoms with Gasteiger partial charge in [0.15, 0.2) is 0 Å². The second kappa shape index (κ2) is 12.4. The number of rotatable bonds is 0. The topological polar surface area (TPSA) is 55.4 Å². The summed E-state index contributed by atoms with van der Waals surface area (Å²) in [7, 11) is 0. The molecule has 3 aromatic rings. The summed E-state index contributed by atoms with van der Waals surface area (Å²) in [6.45, 7) is 14.2. The van der Waals surface area contributed by atoms with Gasteiger partial charge in [-0.1, -0.05) is 19.7 Å². The molecule has 0 spiro atoms. The number of hydrogen-bond donors (Lipinski definition) is 0. The Morgan fingerprint density at radius 2 is 0.444 bits per heavy atom. The summed E-state index contributed by atoms with van der Waals surface area (Å²) in [5.41, 5.74) is 2.44. The smallest absolute Gasteiger partial charge is 0.120 e. The van der Waals surface area contributed by atoms with Crippen molar-refractivity contribution in [1.82, 2.24) is 0 Å². The highest BCUT2D eigenvalue weighted by atomic mass is 16.5. The van der Waals surface area contributed by atoms with Crippen LogP contribution >= 0.6 is 0 Å². The molecule has 0 fully saturated rings. The molecular formula is C30H30O6. The third-order valence-electron chi connectivity index (χ3n) is 5.13. The molecule has 0 atom stereocenters. The molecular weight excluding hydrogens is 456 g/mol. The highest BCUT2D eigenvalue weighted by molar-refractivity contribution is 5.34. The van der Waals surface area contributed by atoms with E-state index in [4.69, 9.17) is 28.4 Å². The van der Waals surface area contributed by atoms with Gasteiger partial charge >= 0.3 is 0 Å². The van der Waals surface area contributed by atoms with Gasteiger partial charge in [-0.05, 0) is 89.5 Å². The zero-order valence-electron chi connectivity index (χ0n) is 20.2. The standard InChI is InChI=1S/C30H30O6/c1-22-16-31-25-4-8-27(9-5-25)33-18-23(2)20-35-29-12-14-30(15-13-29)36-21-24(3)19-34-28-10-6-26(7-11-28)32-17-22/h4-15H,1-3,16-21H2. The lowest BCUT2D eigenvalue weighted by atomic mass is 10.3. The highest BCUT2D eigenvalue weighted by Crippen LogP contribution is 2.22. The van der Waals surface area contributed by atoms with Crippen LogP contribution in [0.2, 0.25) is 0 Å². The predicted molar refractivity (Wildman–Crippen MR) is 140 cm³/mol. The van der Waals surface area contributed by atoms with Crippen LogP contribution in [0.3, 0.4) is 0 Å². The predicted octanol–water partition coefficient (Wildman–Crippen LogP) is 6.04. The summed E-state index contributed by atoms with van der Waals surface area (Å²) in [4.78, 5) is 0. The fourth-order valence-electron chi connectivity index (χ4n) is 3.13. The van der Waals surface area contributed by atoms with Gasteiger partial charge in [0.05, 0.1) is 0 Å². The van der Waals surface area contributed by atoms with Gasteiger partial charge in [0, 0.05) is 0 Å². The molecule has 4 aliphatic rings. The molecule has 6 bridgehead atoms. The van der Waals surface area contributed by atoms with Crippen LogP contribution in [0, 0.1) is 0 Å². The van der Waals surface area contributed by atoms with Crippen LogP contribution in [-0.2, 0) is 0 Å². The fourth-order valence-corrected chi connectivity index (χ4v) is 3.13. The van der Waals surface area contributed by atoms with Crippen molar-refractivity contribution in [3.8, 4) is 34.5 Å². The SMILES string of the molecule is C=C1COc2ccc(cc2)OCC(=C)COc2ccc(cc2)OCC(=C)COc2ccc(cc2)OC1. The van der Waals surface area contributed by atoms with Gasteiger partial charge < -0.3 is 28.4 Å². The summed E-state index contributed by atoms with van der Waals surface area (Å²) < 4.78 is 34.8. The van der Waals surface area contributed by atoms with Gasteiger partial charge in [-0.3, -0.25) is 0 Å². The van der Waals surface area contributed by atoms with Gasteiger partial charge in [0.1, 0.15) is 74.1 Å². The maximum Gasteiger partial charge on any atom is 0.120 e. The van der Waals surface area contributed by atoms with E-state index >= 15 is 0 Å². The third kappa shape index (κ3) is 7.87. The Morgan fingerprint density at radius 3 is 0.583 bits per heavy atom. The van der Waals surface area contributed by atoms with Crippen molar-refractivity contribution < 1.29 is 28.4 Å². The minimum atomic E-state index is 0.348. The van der Waals surface area contributed by atoms with Crippen LogP contribution in [0.25, 0.3) is 0 Å². The van der Waals surface area contributed by atoms with E-state index in [0.29, 0.717) is 39.6 Å². The first-order valence-electron chi connectivity index (χ1n) is 11.6. The molecule has 0 amide bonds. The first kappa shape index (κ1) is 24.8. The number of hydrogen-bond acceptors (Lipinski definition) is 6. The average molecular weight is 487 g/mol. The van der Waals surface area contributed by atoms with E-state index in [9.17, 15) is 0 Å². The van der Waals surface area contributed by atoms with Crippen molar-refractivity contribution in [3.05, 3.63) is 109 Å². The van der Waals surface area contributed by atoms with Gasteiger partial charge in [-0.25, -0.2) is 0 Å². The molecule has 4 heterocycles. The Kier molecular flexibility index (Phi) is 8.54. The molecule has 0 N–H and O–H groups in total. The van der Waals surface area contributed by atoms with Crippen molar-refractivity contribution in [2.24, 2.45) is 0 Å². The number of ether oxygens (including phenoxy) is 6. The molecule has 36 heavy (non-hydrogen) atoms. The Labute approximate surface area is 212 Å². The lowest BCUT2D eigenvalue weighted by molar-refractivity contribution is 0.296. The minimum absolute atomic E-state index is 0.348. The van der Waals surface area contributed by atoms with Crippen molar-refractivity contribution in [1.29, 1.82) is 0 Å². The van der Waals surface area contributed by atoms with Crippen molar-refractivity contribution >= 4 is 0 Å². The van der Waals surface area contributed by atoms with Crippen LogP contribution in [-0.4, -0.2) is 39.6 Å². The molecule has 4 aliphatic heterocycles. The quantitative estimate of drug-likeness (QED) is 0.361. The maximum atomic E-state index is 5.80. The monoisotopic (exact) mass is 486 g/mol. The van der Waals surface area contributed by atoms with E-state index < -0.39 is 0 Å². The van der Waals surface area contributed by atoms with Crippen LogP contribution in [0.15, 0.2) is 109 Å². The summed E-state index contributed by atoms with van der Waals surface area (Å²) in [5, 5.41) is 0. The Balaban J connectivity index is 1.39. The van der Waals surface area contributed by atoms with E-state index in [-0.39, 0.29) is 0 Å². The van der Waals surface area contributed by atoms with Crippen LogP contribution in [0.5, 0.6) is 34.5 Å². The molecule has 0 radical (unpaired) electrons. The summed E-state index contributed by atoms with van der Waals surface area (Å²) in [6, 6.07) is 22.2. The van der Waals surface area contributed by atoms with Gasteiger partial charge in [-0.2, -0.15) is 0 Å². The lowest BCUT2D eigenvalue weighted by Gasteiger charge is -2.12. The number of benzene rings is 3. The molecule has 0 aliphatic carbocycles. The Hall–Kier alpha value is -4.32. The van der Waals surface area contributed by atoms with E-state index in [1.807, 2.05) is 72.8 Å². The molecule has 0 saturated carbocycles. The molecule has 7 rings (SSSR count). The number of fused-ring (bicyclic) bond motifs is 3. The van der Waals surface area contributed by atoms with Crippen LogP contribution in [0.1, 0.15) is 0 Å². The third-order valence-corrected chi connectivity index (χ3v) is 5.13. The minimum Gasteiger partial charge on any atom is -0.489 e. The zero-order valence-corrected chi connectivity index (χ0v) is 20.2. The molecule has 0 aromatic heterocycles. The van der Waals surface area contributed by atoms with E-state index in [2.05, 4.69) is 19.7 Å². The first-order valence-corrected chi connectivity index (χ1v) is 11.6. The van der Waals surface area contributed by atoms with Crippen LogP contribution in [0.4, 0.5) is 0 Å². The van der Waals surface area contributed by atoms with Crippen molar-refractivity contribution in [3.63, 3.8) is 0 Å². The van der Waals surface area contributed by atoms with E-state index in [1.165, 1.54) is 0 Å². The Morgan fingerprint density at radius 1 is 0.306 bits per heavy atom. The molecule has 0 unspecified atom stereocenters.